The van der Waals surface area contributed by atoms with Gasteiger partial charge >= 0.3 is 0 Å². The smallest absolute Gasteiger partial charge is 0.165 e. The van der Waals surface area contributed by atoms with Crippen molar-refractivity contribution in [1.29, 1.82) is 0 Å². The Labute approximate surface area is 82.3 Å². The lowest BCUT2D eigenvalue weighted by Crippen LogP contribution is -2.23. The van der Waals surface area contributed by atoms with Crippen LogP contribution in [0.15, 0.2) is 18.2 Å². The predicted octanol–water partition coefficient (Wildman–Crippen LogP) is 1.21. The first-order chi connectivity index (χ1) is 6.56. The molecule has 14 heavy (non-hydrogen) atoms. The fourth-order valence-corrected chi connectivity index (χ4v) is 1.16. The molecule has 1 aromatic rings. The number of aliphatic hydroxyl groups is 1. The van der Waals surface area contributed by atoms with E-state index >= 15 is 0 Å². The number of ether oxygens (including phenoxy) is 1. The van der Waals surface area contributed by atoms with E-state index in [1.165, 1.54) is 25.3 Å². The van der Waals surface area contributed by atoms with E-state index in [1.807, 2.05) is 0 Å². The molecule has 3 nitrogen and oxygen atoms in total. The number of halogens is 1. The van der Waals surface area contributed by atoms with Crippen LogP contribution < -0.4 is 10.5 Å². The Hall–Kier alpha value is -1.13. The summed E-state index contributed by atoms with van der Waals surface area (Å²) in [6.45, 7) is 1.58. The molecule has 0 saturated heterocycles. The van der Waals surface area contributed by atoms with Crippen LogP contribution in [0.3, 0.4) is 0 Å². The van der Waals surface area contributed by atoms with Gasteiger partial charge in [-0.3, -0.25) is 0 Å². The Morgan fingerprint density at radius 3 is 2.64 bits per heavy atom. The molecule has 3 N–H and O–H groups in total. The lowest BCUT2D eigenvalue weighted by molar-refractivity contribution is 0.164. The molecule has 0 aromatic heterocycles. The Morgan fingerprint density at radius 1 is 1.50 bits per heavy atom. The molecule has 0 unspecified atom stereocenters. The zero-order valence-electron chi connectivity index (χ0n) is 8.20. The van der Waals surface area contributed by atoms with Crippen molar-refractivity contribution in [1.82, 2.24) is 0 Å². The van der Waals surface area contributed by atoms with Crippen molar-refractivity contribution in [3.63, 3.8) is 0 Å². The average molecular weight is 199 g/mol. The highest BCUT2D eigenvalue weighted by molar-refractivity contribution is 5.32. The van der Waals surface area contributed by atoms with Gasteiger partial charge in [-0.2, -0.15) is 0 Å². The summed E-state index contributed by atoms with van der Waals surface area (Å²) in [6.07, 6.45) is -0.676. The van der Waals surface area contributed by atoms with Crippen LogP contribution in [-0.4, -0.2) is 18.3 Å². The molecule has 1 rings (SSSR count). The summed E-state index contributed by atoms with van der Waals surface area (Å²) in [7, 11) is 1.39. The van der Waals surface area contributed by atoms with Gasteiger partial charge in [-0.25, -0.2) is 4.39 Å². The van der Waals surface area contributed by atoms with Crippen LogP contribution in [0.5, 0.6) is 5.75 Å². The maximum Gasteiger partial charge on any atom is 0.165 e. The van der Waals surface area contributed by atoms with Crippen LogP contribution in [0, 0.1) is 5.82 Å². The Morgan fingerprint density at radius 2 is 2.14 bits per heavy atom. The van der Waals surface area contributed by atoms with Gasteiger partial charge in [0.15, 0.2) is 11.6 Å². The first kappa shape index (κ1) is 10.9. The Kier molecular flexibility index (Phi) is 3.43. The highest BCUT2D eigenvalue weighted by Gasteiger charge is 2.14. The number of benzene rings is 1. The SMILES string of the molecule is COc1cc([C@@H](N)[C@@H](C)O)ccc1F. The van der Waals surface area contributed by atoms with Gasteiger partial charge in [-0.1, -0.05) is 6.07 Å². The van der Waals surface area contributed by atoms with Gasteiger partial charge in [0.05, 0.1) is 19.3 Å². The second-order valence-corrected chi connectivity index (χ2v) is 3.16. The third-order valence-corrected chi connectivity index (χ3v) is 2.08. The van der Waals surface area contributed by atoms with Crippen molar-refractivity contribution >= 4 is 0 Å². The summed E-state index contributed by atoms with van der Waals surface area (Å²) in [4.78, 5) is 0. The van der Waals surface area contributed by atoms with E-state index in [2.05, 4.69) is 0 Å². The summed E-state index contributed by atoms with van der Waals surface area (Å²) >= 11 is 0. The number of rotatable bonds is 3. The number of aliphatic hydroxyl groups excluding tert-OH is 1. The van der Waals surface area contributed by atoms with Crippen LogP contribution in [0.4, 0.5) is 4.39 Å². The van der Waals surface area contributed by atoms with Gasteiger partial charge in [-0.05, 0) is 24.6 Å². The first-order valence-electron chi connectivity index (χ1n) is 4.33. The first-order valence-corrected chi connectivity index (χ1v) is 4.33. The van der Waals surface area contributed by atoms with Crippen molar-refractivity contribution in [3.05, 3.63) is 29.6 Å². The summed E-state index contributed by atoms with van der Waals surface area (Å²) in [5.74, 6) is -0.298. The zero-order valence-corrected chi connectivity index (χ0v) is 8.20. The van der Waals surface area contributed by atoms with Crippen molar-refractivity contribution in [2.45, 2.75) is 19.1 Å². The monoisotopic (exact) mass is 199 g/mol. The Bertz CT molecular complexity index is 315. The van der Waals surface area contributed by atoms with Gasteiger partial charge in [0, 0.05) is 0 Å². The minimum Gasteiger partial charge on any atom is -0.494 e. The van der Waals surface area contributed by atoms with E-state index in [0.29, 0.717) is 5.56 Å². The summed E-state index contributed by atoms with van der Waals surface area (Å²) in [5.41, 5.74) is 6.33. The lowest BCUT2D eigenvalue weighted by Gasteiger charge is -2.15. The standard InChI is InChI=1S/C10H14FNO2/c1-6(13)10(12)7-3-4-8(11)9(5-7)14-2/h3-6,10,13H,12H2,1-2H3/t6-,10+/m1/s1. The van der Waals surface area contributed by atoms with Crippen molar-refractivity contribution in [3.8, 4) is 5.75 Å². The highest BCUT2D eigenvalue weighted by atomic mass is 19.1. The third kappa shape index (κ3) is 2.21. The predicted molar refractivity (Wildman–Crippen MR) is 51.6 cm³/mol. The van der Waals surface area contributed by atoms with Crippen LogP contribution in [-0.2, 0) is 0 Å². The molecule has 0 saturated carbocycles. The Balaban J connectivity index is 3.00. The van der Waals surface area contributed by atoms with Gasteiger partial charge in [0.25, 0.3) is 0 Å². The molecule has 0 heterocycles. The van der Waals surface area contributed by atoms with Gasteiger partial charge in [0.2, 0.25) is 0 Å². The molecule has 0 aliphatic rings. The van der Waals surface area contributed by atoms with E-state index in [-0.39, 0.29) is 5.75 Å². The van der Waals surface area contributed by atoms with Gasteiger partial charge < -0.3 is 15.6 Å². The van der Waals surface area contributed by atoms with Gasteiger partial charge in [-0.15, -0.1) is 0 Å². The fourth-order valence-electron chi connectivity index (χ4n) is 1.16. The van der Waals surface area contributed by atoms with Crippen molar-refractivity contribution in [2.75, 3.05) is 7.11 Å². The van der Waals surface area contributed by atoms with Gasteiger partial charge in [0.1, 0.15) is 0 Å². The second kappa shape index (κ2) is 4.39. The second-order valence-electron chi connectivity index (χ2n) is 3.16. The molecule has 4 heteroatoms. The van der Waals surface area contributed by atoms with Crippen LogP contribution >= 0.6 is 0 Å². The van der Waals surface area contributed by atoms with Crippen LogP contribution in [0.25, 0.3) is 0 Å². The summed E-state index contributed by atoms with van der Waals surface area (Å²) in [6, 6.07) is 3.78. The molecule has 0 bridgehead atoms. The lowest BCUT2D eigenvalue weighted by atomic mass is 10.0. The molecule has 78 valence electrons. The molecule has 0 spiro atoms. The summed E-state index contributed by atoms with van der Waals surface area (Å²) in [5, 5.41) is 9.25. The third-order valence-electron chi connectivity index (χ3n) is 2.08. The zero-order chi connectivity index (χ0) is 10.7. The quantitative estimate of drug-likeness (QED) is 0.769. The maximum atomic E-state index is 13.0. The number of methoxy groups -OCH3 is 1. The molecule has 0 aliphatic heterocycles. The highest BCUT2D eigenvalue weighted by Crippen LogP contribution is 2.22. The average Bonchev–Trinajstić information content (AvgIpc) is 2.17. The van der Waals surface area contributed by atoms with E-state index in [4.69, 9.17) is 10.5 Å². The molecular weight excluding hydrogens is 185 g/mol. The molecule has 0 radical (unpaired) electrons. The normalized spacial score (nSPS) is 14.9. The maximum absolute atomic E-state index is 13.0. The molecule has 1 aromatic carbocycles. The van der Waals surface area contributed by atoms with Crippen LogP contribution in [0.1, 0.15) is 18.5 Å². The molecular formula is C10H14FNO2. The number of hydrogen-bond donors (Lipinski definition) is 2. The van der Waals surface area contributed by atoms with Crippen molar-refractivity contribution < 1.29 is 14.2 Å². The molecule has 2 atom stereocenters. The minimum absolute atomic E-state index is 0.138. The molecule has 0 aliphatic carbocycles. The van der Waals surface area contributed by atoms with E-state index in [0.717, 1.165) is 0 Å². The van der Waals surface area contributed by atoms with E-state index in [9.17, 15) is 9.50 Å². The number of nitrogens with two attached hydrogens (primary N) is 1. The largest absolute Gasteiger partial charge is 0.494 e. The van der Waals surface area contributed by atoms with Crippen molar-refractivity contribution in [2.24, 2.45) is 5.73 Å². The molecule has 0 fully saturated rings. The van der Waals surface area contributed by atoms with E-state index < -0.39 is 18.0 Å². The summed E-state index contributed by atoms with van der Waals surface area (Å²) < 4.78 is 17.8. The topological polar surface area (TPSA) is 55.5 Å². The minimum atomic E-state index is -0.676. The van der Waals surface area contributed by atoms with Crippen LogP contribution in [0.2, 0.25) is 0 Å². The number of hydrogen-bond acceptors (Lipinski definition) is 3. The van der Waals surface area contributed by atoms with E-state index in [1.54, 1.807) is 6.92 Å². The fraction of sp³-hybridized carbons (Fsp3) is 0.400. The molecule has 0 amide bonds.